The van der Waals surface area contributed by atoms with Crippen LogP contribution in [0.3, 0.4) is 0 Å². The van der Waals surface area contributed by atoms with Crippen molar-refractivity contribution in [3.63, 3.8) is 0 Å². The van der Waals surface area contributed by atoms with E-state index in [1.807, 2.05) is 53.9 Å². The Morgan fingerprint density at radius 3 is 2.77 bits per heavy atom. The van der Waals surface area contributed by atoms with Crippen molar-refractivity contribution in [1.29, 1.82) is 0 Å². The van der Waals surface area contributed by atoms with Gasteiger partial charge in [-0.1, -0.05) is 40.2 Å². The molecule has 5 heteroatoms. The number of halogens is 1. The summed E-state index contributed by atoms with van der Waals surface area (Å²) >= 11 is 5.09. The van der Waals surface area contributed by atoms with E-state index < -0.39 is 0 Å². The highest BCUT2D eigenvalue weighted by molar-refractivity contribution is 9.10. The molecule has 1 aliphatic rings. The molecule has 1 atom stereocenters. The summed E-state index contributed by atoms with van der Waals surface area (Å²) in [4.78, 5) is 14.3. The fraction of sp³-hybridized carbons (Fsp3) is 0.118. The Morgan fingerprint density at radius 1 is 1.18 bits per heavy atom. The molecule has 112 valence electrons. The van der Waals surface area contributed by atoms with Crippen LogP contribution in [0.2, 0.25) is 0 Å². The second-order valence-electron chi connectivity index (χ2n) is 4.73. The minimum absolute atomic E-state index is 0.0479. The zero-order valence-electron chi connectivity index (χ0n) is 11.9. The highest BCUT2D eigenvalue weighted by atomic mass is 79.9. The normalized spacial score (nSPS) is 17.6. The quantitative estimate of drug-likeness (QED) is 0.774. The van der Waals surface area contributed by atoms with Gasteiger partial charge in [0.25, 0.3) is 5.91 Å². The van der Waals surface area contributed by atoms with Crippen LogP contribution in [0.15, 0.2) is 64.5 Å². The van der Waals surface area contributed by atoms with Crippen molar-refractivity contribution in [3.8, 4) is 5.75 Å². The number of hydrogen-bond acceptors (Lipinski definition) is 3. The predicted octanol–water partition coefficient (Wildman–Crippen LogP) is 4.75. The number of thioether (sulfide) groups is 1. The number of rotatable bonds is 3. The summed E-state index contributed by atoms with van der Waals surface area (Å²) in [6, 6.07) is 15.6. The number of amides is 1. The van der Waals surface area contributed by atoms with Crippen molar-refractivity contribution >= 4 is 39.3 Å². The zero-order valence-corrected chi connectivity index (χ0v) is 14.3. The Bertz CT molecular complexity index is 732. The van der Waals surface area contributed by atoms with Gasteiger partial charge in [-0.3, -0.25) is 9.69 Å². The Balaban J connectivity index is 2.09. The molecule has 2 aromatic carbocycles. The van der Waals surface area contributed by atoms with Gasteiger partial charge in [-0.15, -0.1) is 11.8 Å². The van der Waals surface area contributed by atoms with Gasteiger partial charge in [0, 0.05) is 10.5 Å². The predicted molar refractivity (Wildman–Crippen MR) is 94.1 cm³/mol. The van der Waals surface area contributed by atoms with E-state index >= 15 is 0 Å². The number of anilines is 1. The number of nitrogens with zero attached hydrogens (tertiary/aromatic N) is 1. The van der Waals surface area contributed by atoms with Crippen LogP contribution in [-0.4, -0.2) is 13.0 Å². The van der Waals surface area contributed by atoms with E-state index in [9.17, 15) is 4.79 Å². The lowest BCUT2D eigenvalue weighted by molar-refractivity contribution is -0.114. The third-order valence-electron chi connectivity index (χ3n) is 3.37. The fourth-order valence-corrected chi connectivity index (χ4v) is 3.79. The molecule has 0 fully saturated rings. The summed E-state index contributed by atoms with van der Waals surface area (Å²) in [6.07, 6.45) is 1.59. The first-order valence-electron chi connectivity index (χ1n) is 6.74. The molecule has 0 saturated heterocycles. The molecule has 2 aromatic rings. The van der Waals surface area contributed by atoms with E-state index in [-0.39, 0.29) is 11.3 Å². The summed E-state index contributed by atoms with van der Waals surface area (Å²) in [7, 11) is 1.62. The van der Waals surface area contributed by atoms with Crippen molar-refractivity contribution < 1.29 is 9.53 Å². The molecule has 0 aliphatic carbocycles. The molecule has 0 spiro atoms. The number of hydrogen-bond donors (Lipinski definition) is 0. The van der Waals surface area contributed by atoms with Crippen LogP contribution in [0.25, 0.3) is 0 Å². The third kappa shape index (κ3) is 2.91. The number of carbonyl (C=O) groups is 1. The molecule has 1 unspecified atom stereocenters. The highest BCUT2D eigenvalue weighted by Crippen LogP contribution is 2.43. The monoisotopic (exact) mass is 375 g/mol. The fourth-order valence-electron chi connectivity index (χ4n) is 2.39. The topological polar surface area (TPSA) is 29.5 Å². The van der Waals surface area contributed by atoms with E-state index in [4.69, 9.17) is 4.74 Å². The molecule has 1 heterocycles. The van der Waals surface area contributed by atoms with Crippen LogP contribution in [0.5, 0.6) is 5.75 Å². The second-order valence-corrected chi connectivity index (χ2v) is 6.63. The lowest BCUT2D eigenvalue weighted by Gasteiger charge is -2.33. The van der Waals surface area contributed by atoms with Crippen LogP contribution in [0.4, 0.5) is 5.69 Å². The lowest BCUT2D eigenvalue weighted by atomic mass is 10.1. The van der Waals surface area contributed by atoms with Crippen molar-refractivity contribution in [2.45, 2.75) is 5.37 Å². The summed E-state index contributed by atoms with van der Waals surface area (Å²) in [5.41, 5.74) is 1.83. The third-order valence-corrected chi connectivity index (χ3v) is 4.90. The van der Waals surface area contributed by atoms with E-state index in [1.54, 1.807) is 29.8 Å². The molecule has 3 rings (SSSR count). The first-order valence-corrected chi connectivity index (χ1v) is 8.48. The van der Waals surface area contributed by atoms with Gasteiger partial charge in [-0.2, -0.15) is 0 Å². The van der Waals surface area contributed by atoms with Gasteiger partial charge in [-0.05, 0) is 35.2 Å². The Labute approximate surface area is 142 Å². The number of carbonyl (C=O) groups excluding carboxylic acids is 1. The highest BCUT2D eigenvalue weighted by Gasteiger charge is 2.30. The van der Waals surface area contributed by atoms with Gasteiger partial charge in [0.05, 0.1) is 12.8 Å². The zero-order chi connectivity index (χ0) is 15.5. The maximum absolute atomic E-state index is 12.5. The summed E-state index contributed by atoms with van der Waals surface area (Å²) in [6.45, 7) is 0. The van der Waals surface area contributed by atoms with Crippen molar-refractivity contribution in [2.75, 3.05) is 12.0 Å². The Morgan fingerprint density at radius 2 is 2.00 bits per heavy atom. The molecular weight excluding hydrogens is 362 g/mol. The molecule has 0 N–H and O–H groups in total. The molecule has 3 nitrogen and oxygen atoms in total. The van der Waals surface area contributed by atoms with Crippen LogP contribution < -0.4 is 9.64 Å². The van der Waals surface area contributed by atoms with Gasteiger partial charge < -0.3 is 4.74 Å². The van der Waals surface area contributed by atoms with Gasteiger partial charge >= 0.3 is 0 Å². The van der Waals surface area contributed by atoms with Crippen LogP contribution in [0.1, 0.15) is 10.9 Å². The van der Waals surface area contributed by atoms with E-state index in [0.717, 1.165) is 15.7 Å². The molecule has 1 amide bonds. The van der Waals surface area contributed by atoms with Gasteiger partial charge in [0.2, 0.25) is 0 Å². The maximum Gasteiger partial charge on any atom is 0.252 e. The number of benzene rings is 2. The summed E-state index contributed by atoms with van der Waals surface area (Å²) < 4.78 is 6.41. The largest absolute Gasteiger partial charge is 0.495 e. The molecule has 0 saturated carbocycles. The van der Waals surface area contributed by atoms with Gasteiger partial charge in [0.1, 0.15) is 11.1 Å². The van der Waals surface area contributed by atoms with Gasteiger partial charge in [-0.25, -0.2) is 0 Å². The maximum atomic E-state index is 12.5. The van der Waals surface area contributed by atoms with E-state index in [0.29, 0.717) is 5.75 Å². The van der Waals surface area contributed by atoms with Crippen molar-refractivity contribution in [2.24, 2.45) is 0 Å². The molecule has 1 aliphatic heterocycles. The number of para-hydroxylation sites is 2. The summed E-state index contributed by atoms with van der Waals surface area (Å²) in [5, 5.41) is 1.73. The molecule has 0 bridgehead atoms. The van der Waals surface area contributed by atoms with Crippen molar-refractivity contribution in [3.05, 3.63) is 70.1 Å². The van der Waals surface area contributed by atoms with E-state index in [2.05, 4.69) is 15.9 Å². The van der Waals surface area contributed by atoms with Crippen LogP contribution in [-0.2, 0) is 4.79 Å². The molecule has 0 radical (unpaired) electrons. The van der Waals surface area contributed by atoms with E-state index in [1.165, 1.54) is 0 Å². The first-order chi connectivity index (χ1) is 10.7. The average Bonchev–Trinajstić information content (AvgIpc) is 2.54. The smallest absolute Gasteiger partial charge is 0.252 e. The average molecular weight is 376 g/mol. The Hall–Kier alpha value is -1.72. The minimum Gasteiger partial charge on any atom is -0.495 e. The second kappa shape index (κ2) is 6.58. The summed E-state index contributed by atoms with van der Waals surface area (Å²) in [5.74, 6) is 0.639. The first kappa shape index (κ1) is 15.2. The lowest BCUT2D eigenvalue weighted by Crippen LogP contribution is -2.34. The number of ether oxygens (including phenoxy) is 1. The van der Waals surface area contributed by atoms with Crippen LogP contribution >= 0.6 is 27.7 Å². The molecule has 22 heavy (non-hydrogen) atoms. The van der Waals surface area contributed by atoms with Crippen LogP contribution in [0, 0.1) is 0 Å². The SMILES string of the molecule is COc1ccccc1N1C(=O)C=CSC1c1cccc(Br)c1. The molecular formula is C17H14BrNO2S. The number of methoxy groups -OCH3 is 1. The standard InChI is InChI=1S/C17H14BrNO2S/c1-21-15-8-3-2-7-14(15)19-16(20)9-10-22-17(19)12-5-4-6-13(18)11-12/h2-11,17H,1H3. The van der Waals surface area contributed by atoms with Crippen molar-refractivity contribution in [1.82, 2.24) is 0 Å². The van der Waals surface area contributed by atoms with Gasteiger partial charge in [0.15, 0.2) is 0 Å². The Kier molecular flexibility index (Phi) is 4.55. The molecule has 0 aromatic heterocycles. The minimum atomic E-state index is -0.119.